The quantitative estimate of drug-likeness (QED) is 0.316. The van der Waals surface area contributed by atoms with E-state index < -0.39 is 0 Å². The molecule has 0 fully saturated rings. The molecule has 2 aromatic carbocycles. The van der Waals surface area contributed by atoms with Crippen molar-refractivity contribution in [1.29, 1.82) is 0 Å². The molecular weight excluding hydrogens is 342 g/mol. The minimum Gasteiger partial charge on any atom is -0.491 e. The summed E-state index contributed by atoms with van der Waals surface area (Å²) < 4.78 is 5.83. The summed E-state index contributed by atoms with van der Waals surface area (Å²) >= 11 is 1.47. The highest BCUT2D eigenvalue weighted by Gasteiger charge is 2.05. The third-order valence-corrected chi connectivity index (χ3v) is 4.26. The van der Waals surface area contributed by atoms with Crippen molar-refractivity contribution in [3.63, 3.8) is 0 Å². The molecule has 0 bridgehead atoms. The van der Waals surface area contributed by atoms with Gasteiger partial charge in [0.05, 0.1) is 12.3 Å². The van der Waals surface area contributed by atoms with Crippen molar-refractivity contribution < 1.29 is 4.74 Å². The molecule has 0 radical (unpaired) electrons. The molecule has 2 rings (SSSR count). The maximum absolute atomic E-state index is 5.91. The minimum atomic E-state index is 0.129. The second kappa shape index (κ2) is 10.5. The molecular formula is C21H25N3OS. The lowest BCUT2D eigenvalue weighted by molar-refractivity contribution is 0.240. The van der Waals surface area contributed by atoms with Crippen LogP contribution in [0.1, 0.15) is 30.5 Å². The molecule has 0 unspecified atom stereocenters. The van der Waals surface area contributed by atoms with Crippen LogP contribution in [-0.2, 0) is 12.2 Å². The van der Waals surface area contributed by atoms with E-state index in [1.54, 1.807) is 6.21 Å². The van der Waals surface area contributed by atoms with Gasteiger partial charge in [-0.1, -0.05) is 48.2 Å². The third kappa shape index (κ3) is 6.76. The molecule has 0 amide bonds. The first kappa shape index (κ1) is 19.8. The van der Waals surface area contributed by atoms with Crippen molar-refractivity contribution in [1.82, 2.24) is 0 Å². The Labute approximate surface area is 159 Å². The van der Waals surface area contributed by atoms with Crippen LogP contribution in [0.2, 0.25) is 0 Å². The highest BCUT2D eigenvalue weighted by Crippen LogP contribution is 2.22. The first-order valence-electron chi connectivity index (χ1n) is 8.52. The van der Waals surface area contributed by atoms with Crippen molar-refractivity contribution in [2.24, 2.45) is 15.9 Å². The second-order valence-corrected chi connectivity index (χ2v) is 6.98. The maximum Gasteiger partial charge on any atom is 0.180 e. The van der Waals surface area contributed by atoms with Gasteiger partial charge in [-0.3, -0.25) is 0 Å². The van der Waals surface area contributed by atoms with Crippen LogP contribution in [0.25, 0.3) is 0 Å². The summed E-state index contributed by atoms with van der Waals surface area (Å²) in [4.78, 5) is 0. The average Bonchev–Trinajstić information content (AvgIpc) is 2.63. The zero-order chi connectivity index (χ0) is 18.8. The molecule has 136 valence electrons. The Hall–Kier alpha value is -2.53. The number of benzene rings is 2. The molecule has 0 atom stereocenters. The Morgan fingerprint density at radius 2 is 2.00 bits per heavy atom. The summed E-state index contributed by atoms with van der Waals surface area (Å²) in [5.41, 5.74) is 9.14. The van der Waals surface area contributed by atoms with Gasteiger partial charge in [0.2, 0.25) is 0 Å². The molecule has 2 N–H and O–H groups in total. The summed E-state index contributed by atoms with van der Waals surface area (Å²) in [7, 11) is 0. The van der Waals surface area contributed by atoms with Gasteiger partial charge in [0.15, 0.2) is 5.17 Å². The van der Waals surface area contributed by atoms with Gasteiger partial charge in [-0.05, 0) is 55.2 Å². The smallest absolute Gasteiger partial charge is 0.180 e. The number of allylic oxidation sites excluding steroid dienone is 1. The van der Waals surface area contributed by atoms with Gasteiger partial charge in [0.1, 0.15) is 5.75 Å². The molecule has 0 aliphatic carbocycles. The highest BCUT2D eigenvalue weighted by atomic mass is 32.2. The van der Waals surface area contributed by atoms with Gasteiger partial charge in [-0.15, -0.1) is 11.7 Å². The van der Waals surface area contributed by atoms with Crippen LogP contribution in [0, 0.1) is 0 Å². The second-order valence-electron chi connectivity index (χ2n) is 5.98. The summed E-state index contributed by atoms with van der Waals surface area (Å²) in [6.07, 6.45) is 4.42. The van der Waals surface area contributed by atoms with E-state index in [0.717, 1.165) is 29.1 Å². The predicted molar refractivity (Wildman–Crippen MR) is 113 cm³/mol. The molecule has 0 aliphatic rings. The van der Waals surface area contributed by atoms with Crippen LogP contribution >= 0.6 is 11.8 Å². The fourth-order valence-corrected chi connectivity index (χ4v) is 2.89. The Morgan fingerprint density at radius 1 is 1.23 bits per heavy atom. The van der Waals surface area contributed by atoms with Crippen molar-refractivity contribution in [2.75, 3.05) is 0 Å². The number of thioether (sulfide) groups is 1. The Bertz CT molecular complexity index is 770. The number of rotatable bonds is 8. The lowest BCUT2D eigenvalue weighted by atomic mass is 10.1. The van der Waals surface area contributed by atoms with E-state index in [-0.39, 0.29) is 6.10 Å². The molecule has 0 aromatic heterocycles. The van der Waals surface area contributed by atoms with E-state index in [1.165, 1.54) is 17.3 Å². The average molecular weight is 368 g/mol. The highest BCUT2D eigenvalue weighted by molar-refractivity contribution is 8.13. The maximum atomic E-state index is 5.91. The Morgan fingerprint density at radius 3 is 2.69 bits per heavy atom. The number of nitrogens with zero attached hydrogens (tertiary/aromatic N) is 2. The van der Waals surface area contributed by atoms with Gasteiger partial charge in [-0.25, -0.2) is 0 Å². The van der Waals surface area contributed by atoms with E-state index in [1.807, 2.05) is 56.3 Å². The van der Waals surface area contributed by atoms with Crippen LogP contribution < -0.4 is 10.5 Å². The molecule has 0 heterocycles. The fraction of sp³-hybridized carbons (Fsp3) is 0.238. The number of nitrogens with two attached hydrogens (primary N) is 1. The van der Waals surface area contributed by atoms with E-state index in [4.69, 9.17) is 10.5 Å². The van der Waals surface area contributed by atoms with Gasteiger partial charge in [0, 0.05) is 5.75 Å². The topological polar surface area (TPSA) is 60.0 Å². The van der Waals surface area contributed by atoms with E-state index in [0.29, 0.717) is 5.17 Å². The molecule has 0 spiro atoms. The summed E-state index contributed by atoms with van der Waals surface area (Å²) in [5, 5.41) is 8.59. The monoisotopic (exact) mass is 367 g/mol. The van der Waals surface area contributed by atoms with Crippen LogP contribution in [0.3, 0.4) is 0 Å². The van der Waals surface area contributed by atoms with E-state index in [9.17, 15) is 0 Å². The molecule has 26 heavy (non-hydrogen) atoms. The standard InChI is InChI=1S/C21H25N3OS/c1-4-8-19-13-18(11-12-20(19)25-16(2)3)14-23-24-21(22)26-15-17-9-6-5-7-10-17/h4-7,9-14,16H,1,8,15H2,2-3H3,(H2,22,24). The van der Waals surface area contributed by atoms with Gasteiger partial charge >= 0.3 is 0 Å². The predicted octanol–water partition coefficient (Wildman–Crippen LogP) is 4.78. The number of hydrogen-bond donors (Lipinski definition) is 1. The van der Waals surface area contributed by atoms with E-state index in [2.05, 4.69) is 28.9 Å². The molecule has 4 nitrogen and oxygen atoms in total. The van der Waals surface area contributed by atoms with Crippen LogP contribution in [0.15, 0.2) is 71.4 Å². The molecule has 0 saturated carbocycles. The minimum absolute atomic E-state index is 0.129. The summed E-state index contributed by atoms with van der Waals surface area (Å²) in [6.45, 7) is 7.83. The van der Waals surface area contributed by atoms with Gasteiger partial charge in [-0.2, -0.15) is 5.10 Å². The van der Waals surface area contributed by atoms with Gasteiger partial charge < -0.3 is 10.5 Å². The largest absolute Gasteiger partial charge is 0.491 e. The summed E-state index contributed by atoms with van der Waals surface area (Å²) in [6, 6.07) is 16.1. The number of amidine groups is 1. The van der Waals surface area contributed by atoms with Crippen molar-refractivity contribution in [3.8, 4) is 5.75 Å². The number of ether oxygens (including phenoxy) is 1. The number of hydrogen-bond acceptors (Lipinski definition) is 4. The Balaban J connectivity index is 1.99. The fourth-order valence-electron chi connectivity index (χ4n) is 2.28. The van der Waals surface area contributed by atoms with E-state index >= 15 is 0 Å². The molecule has 5 heteroatoms. The van der Waals surface area contributed by atoms with Crippen molar-refractivity contribution in [3.05, 3.63) is 77.9 Å². The first-order valence-corrected chi connectivity index (χ1v) is 9.50. The van der Waals surface area contributed by atoms with Crippen molar-refractivity contribution >= 4 is 23.1 Å². The van der Waals surface area contributed by atoms with Crippen LogP contribution in [0.4, 0.5) is 0 Å². The van der Waals surface area contributed by atoms with Crippen LogP contribution in [0.5, 0.6) is 5.75 Å². The van der Waals surface area contributed by atoms with Crippen LogP contribution in [-0.4, -0.2) is 17.5 Å². The lowest BCUT2D eigenvalue weighted by Crippen LogP contribution is -2.07. The zero-order valence-corrected chi connectivity index (χ0v) is 16.1. The van der Waals surface area contributed by atoms with Gasteiger partial charge in [0.25, 0.3) is 0 Å². The molecule has 2 aromatic rings. The summed E-state index contributed by atoms with van der Waals surface area (Å²) in [5.74, 6) is 1.65. The molecule has 0 aliphatic heterocycles. The SMILES string of the molecule is C=CCc1cc(C=NN=C(N)SCc2ccccc2)ccc1OC(C)C. The first-order chi connectivity index (χ1) is 12.6. The lowest BCUT2D eigenvalue weighted by Gasteiger charge is -2.14. The zero-order valence-electron chi connectivity index (χ0n) is 15.3. The molecule has 0 saturated heterocycles. The Kier molecular flexibility index (Phi) is 7.96. The third-order valence-electron chi connectivity index (χ3n) is 3.40. The van der Waals surface area contributed by atoms with Crippen molar-refractivity contribution in [2.45, 2.75) is 32.1 Å². The normalized spacial score (nSPS) is 11.9.